The minimum atomic E-state index is -0.0126. The van der Waals surface area contributed by atoms with Crippen molar-refractivity contribution in [3.63, 3.8) is 0 Å². The molecule has 1 aromatic rings. The maximum atomic E-state index is 8.93. The summed E-state index contributed by atoms with van der Waals surface area (Å²) in [6, 6.07) is 3.72. The molecule has 0 radical (unpaired) electrons. The molecule has 94 valence electrons. The lowest BCUT2D eigenvalue weighted by molar-refractivity contribution is 0.0899. The first kappa shape index (κ1) is 12.4. The fourth-order valence-electron chi connectivity index (χ4n) is 2.54. The molecular formula is C14H21NO2. The highest BCUT2D eigenvalue weighted by Gasteiger charge is 2.25. The van der Waals surface area contributed by atoms with Crippen LogP contribution >= 0.6 is 0 Å². The molecule has 0 aliphatic heterocycles. The zero-order valence-corrected chi connectivity index (χ0v) is 10.4. The van der Waals surface area contributed by atoms with Crippen LogP contribution in [0.5, 0.6) is 5.75 Å². The van der Waals surface area contributed by atoms with Crippen LogP contribution in [0.25, 0.3) is 0 Å². The molecule has 0 spiro atoms. The van der Waals surface area contributed by atoms with E-state index in [1.165, 1.54) is 25.7 Å². The summed E-state index contributed by atoms with van der Waals surface area (Å²) in [6.07, 6.45) is 8.28. The number of hydrogen-bond acceptors (Lipinski definition) is 3. The molecular weight excluding hydrogens is 214 g/mol. The average Bonchev–Trinajstić information content (AvgIpc) is 2.40. The van der Waals surface area contributed by atoms with Gasteiger partial charge in [0.05, 0.1) is 18.5 Å². The second-order valence-corrected chi connectivity index (χ2v) is 4.75. The van der Waals surface area contributed by atoms with Gasteiger partial charge in [-0.2, -0.15) is 0 Å². The van der Waals surface area contributed by atoms with Gasteiger partial charge in [0.15, 0.2) is 0 Å². The van der Waals surface area contributed by atoms with Crippen molar-refractivity contribution in [3.8, 4) is 5.75 Å². The normalized spacial score (nSPS) is 24.6. The summed E-state index contributed by atoms with van der Waals surface area (Å²) >= 11 is 0. The number of hydrogen-bond donors (Lipinski definition) is 1. The van der Waals surface area contributed by atoms with Crippen molar-refractivity contribution in [2.24, 2.45) is 5.92 Å². The predicted octanol–water partition coefficient (Wildman–Crippen LogP) is 2.92. The Morgan fingerprint density at radius 3 is 2.82 bits per heavy atom. The van der Waals surface area contributed by atoms with Gasteiger partial charge in [0.2, 0.25) is 0 Å². The first-order valence-electron chi connectivity index (χ1n) is 6.56. The van der Waals surface area contributed by atoms with Crippen molar-refractivity contribution in [1.29, 1.82) is 0 Å². The molecule has 2 rings (SSSR count). The topological polar surface area (TPSA) is 42.4 Å². The zero-order chi connectivity index (χ0) is 12.1. The van der Waals surface area contributed by atoms with Gasteiger partial charge in [0.25, 0.3) is 0 Å². The van der Waals surface area contributed by atoms with Crippen molar-refractivity contribution in [2.75, 3.05) is 0 Å². The predicted molar refractivity (Wildman–Crippen MR) is 66.8 cm³/mol. The van der Waals surface area contributed by atoms with Crippen LogP contribution in [0.2, 0.25) is 0 Å². The third-order valence-corrected chi connectivity index (χ3v) is 3.61. The van der Waals surface area contributed by atoms with Gasteiger partial charge < -0.3 is 9.84 Å². The van der Waals surface area contributed by atoms with Crippen LogP contribution in [0.3, 0.4) is 0 Å². The summed E-state index contributed by atoms with van der Waals surface area (Å²) in [5.74, 6) is 1.51. The van der Waals surface area contributed by atoms with Crippen LogP contribution in [0.15, 0.2) is 18.3 Å². The SMILES string of the molecule is CCC1CCCCC1Oc1ccc(CO)nc1. The summed E-state index contributed by atoms with van der Waals surface area (Å²) in [7, 11) is 0. The minimum absolute atomic E-state index is 0.0126. The van der Waals surface area contributed by atoms with E-state index in [-0.39, 0.29) is 6.61 Å². The van der Waals surface area contributed by atoms with Gasteiger partial charge in [0, 0.05) is 0 Å². The Hall–Kier alpha value is -1.09. The van der Waals surface area contributed by atoms with Crippen LogP contribution < -0.4 is 4.74 Å². The van der Waals surface area contributed by atoms with E-state index >= 15 is 0 Å². The monoisotopic (exact) mass is 235 g/mol. The lowest BCUT2D eigenvalue weighted by atomic mass is 9.85. The van der Waals surface area contributed by atoms with E-state index in [0.717, 1.165) is 12.2 Å². The number of pyridine rings is 1. The highest BCUT2D eigenvalue weighted by atomic mass is 16.5. The molecule has 1 aliphatic carbocycles. The molecule has 0 bridgehead atoms. The Kier molecular flexibility index (Phi) is 4.37. The Morgan fingerprint density at radius 1 is 1.35 bits per heavy atom. The van der Waals surface area contributed by atoms with Crippen LogP contribution in [0.4, 0.5) is 0 Å². The largest absolute Gasteiger partial charge is 0.489 e. The summed E-state index contributed by atoms with van der Waals surface area (Å²) < 4.78 is 6.01. The van der Waals surface area contributed by atoms with E-state index in [2.05, 4.69) is 11.9 Å². The minimum Gasteiger partial charge on any atom is -0.489 e. The molecule has 1 heterocycles. The Labute approximate surface area is 103 Å². The second kappa shape index (κ2) is 6.01. The average molecular weight is 235 g/mol. The fraction of sp³-hybridized carbons (Fsp3) is 0.643. The third-order valence-electron chi connectivity index (χ3n) is 3.61. The fourth-order valence-corrected chi connectivity index (χ4v) is 2.54. The van der Waals surface area contributed by atoms with Crippen molar-refractivity contribution in [2.45, 2.75) is 51.7 Å². The zero-order valence-electron chi connectivity index (χ0n) is 10.4. The number of aliphatic hydroxyl groups excluding tert-OH is 1. The number of ether oxygens (including phenoxy) is 1. The van der Waals surface area contributed by atoms with Gasteiger partial charge >= 0.3 is 0 Å². The highest BCUT2D eigenvalue weighted by Crippen LogP contribution is 2.30. The van der Waals surface area contributed by atoms with Gasteiger partial charge in [-0.3, -0.25) is 4.98 Å². The molecule has 2 unspecified atom stereocenters. The molecule has 17 heavy (non-hydrogen) atoms. The summed E-state index contributed by atoms with van der Waals surface area (Å²) in [5, 5.41) is 8.93. The number of rotatable bonds is 4. The van der Waals surface area contributed by atoms with E-state index in [4.69, 9.17) is 9.84 Å². The molecule has 3 heteroatoms. The van der Waals surface area contributed by atoms with Crippen LogP contribution in [-0.2, 0) is 6.61 Å². The quantitative estimate of drug-likeness (QED) is 0.872. The van der Waals surface area contributed by atoms with E-state index < -0.39 is 0 Å². The van der Waals surface area contributed by atoms with Gasteiger partial charge in [-0.05, 0) is 43.7 Å². The molecule has 0 amide bonds. The molecule has 0 aromatic carbocycles. The van der Waals surface area contributed by atoms with Gasteiger partial charge in [-0.1, -0.05) is 13.3 Å². The van der Waals surface area contributed by atoms with Gasteiger partial charge in [0.1, 0.15) is 11.9 Å². The van der Waals surface area contributed by atoms with Crippen LogP contribution in [0, 0.1) is 5.92 Å². The number of aromatic nitrogens is 1. The van der Waals surface area contributed by atoms with E-state index in [0.29, 0.717) is 17.7 Å². The van der Waals surface area contributed by atoms with Crippen LogP contribution in [0.1, 0.15) is 44.7 Å². The standard InChI is InChI=1S/C14H21NO2/c1-2-11-5-3-4-6-14(11)17-13-8-7-12(10-16)15-9-13/h7-9,11,14,16H,2-6,10H2,1H3. The number of nitrogens with zero attached hydrogens (tertiary/aromatic N) is 1. The van der Waals surface area contributed by atoms with E-state index in [1.807, 2.05) is 12.1 Å². The van der Waals surface area contributed by atoms with Crippen molar-refractivity contribution < 1.29 is 9.84 Å². The maximum absolute atomic E-state index is 8.93. The summed E-state index contributed by atoms with van der Waals surface area (Å²) in [6.45, 7) is 2.22. The molecule has 3 nitrogen and oxygen atoms in total. The van der Waals surface area contributed by atoms with Crippen LogP contribution in [-0.4, -0.2) is 16.2 Å². The Morgan fingerprint density at radius 2 is 2.18 bits per heavy atom. The van der Waals surface area contributed by atoms with Crippen molar-refractivity contribution in [3.05, 3.63) is 24.0 Å². The first-order valence-corrected chi connectivity index (χ1v) is 6.56. The number of aliphatic hydroxyl groups is 1. The Bertz CT molecular complexity index is 337. The maximum Gasteiger partial charge on any atom is 0.138 e. The molecule has 1 aliphatic rings. The van der Waals surface area contributed by atoms with Gasteiger partial charge in [-0.25, -0.2) is 0 Å². The molecule has 1 fully saturated rings. The highest BCUT2D eigenvalue weighted by molar-refractivity contribution is 5.20. The summed E-state index contributed by atoms with van der Waals surface area (Å²) in [4.78, 5) is 4.14. The van der Waals surface area contributed by atoms with Crippen molar-refractivity contribution in [1.82, 2.24) is 4.98 Å². The lowest BCUT2D eigenvalue weighted by Gasteiger charge is -2.31. The van der Waals surface area contributed by atoms with Gasteiger partial charge in [-0.15, -0.1) is 0 Å². The third kappa shape index (κ3) is 3.19. The molecule has 2 atom stereocenters. The smallest absolute Gasteiger partial charge is 0.138 e. The van der Waals surface area contributed by atoms with E-state index in [1.54, 1.807) is 6.20 Å². The molecule has 1 aromatic heterocycles. The molecule has 0 saturated heterocycles. The molecule has 1 saturated carbocycles. The van der Waals surface area contributed by atoms with Crippen molar-refractivity contribution >= 4 is 0 Å². The second-order valence-electron chi connectivity index (χ2n) is 4.75. The van der Waals surface area contributed by atoms with E-state index in [9.17, 15) is 0 Å². The summed E-state index contributed by atoms with van der Waals surface area (Å²) in [5.41, 5.74) is 0.688. The Balaban J connectivity index is 1.98. The first-order chi connectivity index (χ1) is 8.33. The molecule has 1 N–H and O–H groups in total. The lowest BCUT2D eigenvalue weighted by Crippen LogP contribution is -2.29.